The Morgan fingerprint density at radius 3 is 1.63 bits per heavy atom. The molecule has 0 atom stereocenters. The molecule has 3 nitrogen and oxygen atoms in total. The largest absolute Gasteiger partial charge is 0.432 e. The van der Waals surface area contributed by atoms with Crippen molar-refractivity contribution >= 4 is 11.4 Å². The van der Waals surface area contributed by atoms with Gasteiger partial charge in [-0.3, -0.25) is 0 Å². The molecule has 0 spiro atoms. The fraction of sp³-hybridized carbons (Fsp3) is 0.286. The second-order valence-electron chi connectivity index (χ2n) is 2.59. The zero-order chi connectivity index (χ0) is 11.7. The van der Waals surface area contributed by atoms with Crippen LogP contribution >= 0.6 is 0 Å². The molecule has 0 aliphatic carbocycles. The van der Waals surface area contributed by atoms with E-state index in [0.717, 1.165) is 5.69 Å². The normalized spacial score (nSPS) is 6.95. The van der Waals surface area contributed by atoms with Crippen molar-refractivity contribution in [3.8, 4) is 0 Å². The molecule has 1 rings (SSSR count). The Morgan fingerprint density at radius 2 is 1.37 bits per heavy atom. The van der Waals surface area contributed by atoms with Crippen LogP contribution in [-0.2, 0) is 65.4 Å². The van der Waals surface area contributed by atoms with Crippen LogP contribution in [0, 0.1) is 33.6 Å². The maximum Gasteiger partial charge on any atom is 0.108 e. The summed E-state index contributed by atoms with van der Waals surface area (Å²) in [5.41, 5.74) is 1.45. The quantitative estimate of drug-likeness (QED) is 0.538. The molecule has 5 heteroatoms. The van der Waals surface area contributed by atoms with Crippen LogP contribution in [0.1, 0.15) is 13.8 Å². The van der Waals surface area contributed by atoms with Gasteiger partial charge in [0.15, 0.2) is 0 Å². The molecule has 0 heterocycles. The van der Waals surface area contributed by atoms with Crippen LogP contribution in [0.2, 0.25) is 0 Å². The van der Waals surface area contributed by atoms with Gasteiger partial charge in [0.2, 0.25) is 0 Å². The molecule has 0 N–H and O–H groups in total. The van der Waals surface area contributed by atoms with Gasteiger partial charge in [-0.05, 0) is 29.4 Å². The second-order valence-corrected chi connectivity index (χ2v) is 2.59. The van der Waals surface area contributed by atoms with Crippen molar-refractivity contribution in [3.63, 3.8) is 0 Å². The summed E-state index contributed by atoms with van der Waals surface area (Å²) in [4.78, 5) is 12.1. The van der Waals surface area contributed by atoms with Crippen molar-refractivity contribution in [3.05, 3.63) is 57.9 Å². The summed E-state index contributed by atoms with van der Waals surface area (Å²) in [5.74, 6) is 0. The summed E-state index contributed by atoms with van der Waals surface area (Å²) < 4.78 is 0. The van der Waals surface area contributed by atoms with Crippen LogP contribution in [0.15, 0.2) is 29.4 Å². The van der Waals surface area contributed by atoms with Crippen molar-refractivity contribution in [2.24, 2.45) is 5.18 Å². The van der Waals surface area contributed by atoms with Gasteiger partial charge in [-0.2, -0.15) is 0 Å². The molecule has 0 saturated carbocycles. The van der Waals surface area contributed by atoms with Crippen LogP contribution < -0.4 is 4.90 Å². The van der Waals surface area contributed by atoms with Crippen molar-refractivity contribution in [1.29, 1.82) is 0 Å². The topological polar surface area (TPSA) is 32.7 Å². The second kappa shape index (κ2) is 21.1. The molecule has 2 radical (unpaired) electrons. The molecule has 0 aliphatic rings. The smallest absolute Gasteiger partial charge is 0.108 e. The minimum absolute atomic E-state index is 0. The first kappa shape index (κ1) is 32.0. The molecule has 19 heavy (non-hydrogen) atoms. The van der Waals surface area contributed by atoms with Gasteiger partial charge >= 0.3 is 0 Å². The number of anilines is 1. The maximum atomic E-state index is 10.1. The van der Waals surface area contributed by atoms with Crippen LogP contribution in [-0.4, -0.2) is 13.1 Å². The standard InChI is InChI=1S/C10H12N2O.C2H6.2CH3.2Y/c1-3-12(4-2)10-7-5-9(11-13)6-8-10;1-2;;;;/h5-8H,1-4H2;1-2H3;2*1H3;;/q-2;;2*-1;;. The van der Waals surface area contributed by atoms with E-state index in [0.29, 0.717) is 18.8 Å². The zero-order valence-corrected chi connectivity index (χ0v) is 18.3. The van der Waals surface area contributed by atoms with E-state index >= 15 is 0 Å². The number of rotatable bonds is 4. The van der Waals surface area contributed by atoms with Gasteiger partial charge < -0.3 is 33.6 Å². The van der Waals surface area contributed by atoms with E-state index in [2.05, 4.69) is 19.0 Å². The predicted octanol–water partition coefficient (Wildman–Crippen LogP) is 4.48. The Bertz CT molecular complexity index is 275. The van der Waals surface area contributed by atoms with Crippen molar-refractivity contribution < 1.29 is 65.4 Å². The molecule has 0 unspecified atom stereocenters. The average Bonchev–Trinajstić information content (AvgIpc) is 2.34. The van der Waals surface area contributed by atoms with Crippen molar-refractivity contribution in [2.75, 3.05) is 18.0 Å². The van der Waals surface area contributed by atoms with Crippen LogP contribution in [0.25, 0.3) is 0 Å². The van der Waals surface area contributed by atoms with Crippen molar-refractivity contribution in [1.82, 2.24) is 0 Å². The Labute approximate surface area is 170 Å². The zero-order valence-electron chi connectivity index (χ0n) is 12.6. The Kier molecular flexibility index (Phi) is 35.6. The van der Waals surface area contributed by atoms with E-state index in [4.69, 9.17) is 0 Å². The maximum absolute atomic E-state index is 10.1. The molecule has 1 aromatic carbocycles. The molecule has 0 amide bonds. The van der Waals surface area contributed by atoms with Gasteiger partial charge in [0.05, 0.1) is 0 Å². The number of nitroso groups, excluding NO2 is 1. The number of hydrogen-bond donors (Lipinski definition) is 0. The SMILES string of the molecule is CC.[CH2-]CN(C[CH2-])c1ccc(N=O)cc1.[CH3-].[CH3-].[Y].[Y]. The van der Waals surface area contributed by atoms with Gasteiger partial charge in [-0.15, -0.1) is 18.0 Å². The summed E-state index contributed by atoms with van der Waals surface area (Å²) in [6.45, 7) is 12.9. The Morgan fingerprint density at radius 1 is 1.00 bits per heavy atom. The molecule has 0 aliphatic heterocycles. The summed E-state index contributed by atoms with van der Waals surface area (Å²) >= 11 is 0. The van der Waals surface area contributed by atoms with E-state index in [1.807, 2.05) is 30.9 Å². The minimum atomic E-state index is 0. The summed E-state index contributed by atoms with van der Waals surface area (Å²) in [5, 5.41) is 2.82. The fourth-order valence-electron chi connectivity index (χ4n) is 1.09. The van der Waals surface area contributed by atoms with Gasteiger partial charge in [0.25, 0.3) is 0 Å². The van der Waals surface area contributed by atoms with Crippen LogP contribution in [0.5, 0.6) is 0 Å². The van der Waals surface area contributed by atoms with Gasteiger partial charge in [0.1, 0.15) is 5.69 Å². The molecule has 1 aromatic rings. The third-order valence-corrected chi connectivity index (χ3v) is 1.86. The van der Waals surface area contributed by atoms with E-state index in [1.165, 1.54) is 0 Å². The molecular weight excluding hydrogens is 390 g/mol. The average molecular weight is 414 g/mol. The molecule has 0 saturated heterocycles. The first-order valence-electron chi connectivity index (χ1n) is 5.08. The fourth-order valence-corrected chi connectivity index (χ4v) is 1.09. The third-order valence-electron chi connectivity index (χ3n) is 1.86. The summed E-state index contributed by atoms with van der Waals surface area (Å²) in [7, 11) is 0. The van der Waals surface area contributed by atoms with E-state index in [1.54, 1.807) is 12.1 Å². The van der Waals surface area contributed by atoms with Crippen LogP contribution in [0.3, 0.4) is 0 Å². The molecule has 106 valence electrons. The first-order chi connectivity index (χ1) is 7.31. The van der Waals surface area contributed by atoms with Gasteiger partial charge in [0, 0.05) is 71.1 Å². The van der Waals surface area contributed by atoms with Crippen LogP contribution in [0.4, 0.5) is 11.4 Å². The number of benzene rings is 1. The molecular formula is C14H24N2OY2-4. The van der Waals surface area contributed by atoms with E-state index < -0.39 is 0 Å². The minimum Gasteiger partial charge on any atom is -0.432 e. The molecule has 0 aromatic heterocycles. The summed E-state index contributed by atoms with van der Waals surface area (Å²) in [6, 6.07) is 7.04. The van der Waals surface area contributed by atoms with Gasteiger partial charge in [-0.25, -0.2) is 0 Å². The Balaban J connectivity index is -0.000000104. The summed E-state index contributed by atoms with van der Waals surface area (Å²) in [6.07, 6.45) is 0. The Hall–Kier alpha value is 0.828. The predicted molar refractivity (Wildman–Crippen MR) is 79.0 cm³/mol. The van der Waals surface area contributed by atoms with E-state index in [-0.39, 0.29) is 80.3 Å². The van der Waals surface area contributed by atoms with E-state index in [9.17, 15) is 4.91 Å². The monoisotopic (exact) mass is 414 g/mol. The van der Waals surface area contributed by atoms with Crippen molar-refractivity contribution in [2.45, 2.75) is 13.8 Å². The molecule has 0 bridgehead atoms. The third kappa shape index (κ3) is 12.3. The number of nitrogens with zero attached hydrogens (tertiary/aromatic N) is 2. The number of hydrogen-bond acceptors (Lipinski definition) is 3. The van der Waals surface area contributed by atoms with Gasteiger partial charge in [-0.1, -0.05) is 13.8 Å². The first-order valence-corrected chi connectivity index (χ1v) is 5.08. The molecule has 0 fully saturated rings.